The molecule has 8 atom stereocenters. The highest BCUT2D eigenvalue weighted by molar-refractivity contribution is 5.96. The number of carbonyl (C=O) groups excluding carboxylic acids is 3. The molecule has 3 aromatic rings. The lowest BCUT2D eigenvalue weighted by Crippen LogP contribution is -2.59. The zero-order valence-electron chi connectivity index (χ0n) is 29.6. The van der Waals surface area contributed by atoms with Crippen LogP contribution in [0.15, 0.2) is 42.7 Å². The Morgan fingerprint density at radius 3 is 2.47 bits per heavy atom. The van der Waals surface area contributed by atoms with Crippen molar-refractivity contribution in [2.75, 3.05) is 13.7 Å². The molecule has 1 unspecified atom stereocenters. The number of aromatic nitrogens is 3. The van der Waals surface area contributed by atoms with Crippen LogP contribution >= 0.6 is 0 Å². The summed E-state index contributed by atoms with van der Waals surface area (Å²) in [5.74, 6) is 0.437. The van der Waals surface area contributed by atoms with Crippen LogP contribution in [0.5, 0.6) is 11.5 Å². The molecule has 1 aliphatic heterocycles. The normalized spacial score (nSPS) is 28.5. The third-order valence-corrected chi connectivity index (χ3v) is 11.0. The van der Waals surface area contributed by atoms with E-state index < -0.39 is 53.0 Å². The first-order chi connectivity index (χ1) is 24.3. The van der Waals surface area contributed by atoms with Gasteiger partial charge in [0.15, 0.2) is 5.82 Å². The van der Waals surface area contributed by atoms with Gasteiger partial charge in [-0.3, -0.25) is 9.59 Å². The molecule has 272 valence electrons. The molecule has 4 aliphatic rings. The fourth-order valence-electron chi connectivity index (χ4n) is 7.93. The average Bonchev–Trinajstić information content (AvgIpc) is 3.70. The van der Waals surface area contributed by atoms with Crippen molar-refractivity contribution in [1.82, 2.24) is 30.3 Å². The number of hydrogen-bond acceptors (Lipinski definition) is 9. The summed E-state index contributed by atoms with van der Waals surface area (Å²) in [6.45, 7) is 7.41. The van der Waals surface area contributed by atoms with Crippen LogP contribution in [0.3, 0.4) is 0 Å². The van der Waals surface area contributed by atoms with Crippen LogP contribution in [0.4, 0.5) is 4.79 Å². The molecule has 7 rings (SSSR count). The predicted molar refractivity (Wildman–Crippen MR) is 184 cm³/mol. The lowest BCUT2D eigenvalue weighted by molar-refractivity contribution is -0.146. The summed E-state index contributed by atoms with van der Waals surface area (Å²) in [4.78, 5) is 60.3. The number of likely N-dealkylation sites (tertiary alicyclic amines) is 1. The zero-order chi connectivity index (χ0) is 36.2. The topological polar surface area (TPSA) is 174 Å². The predicted octanol–water partition coefficient (Wildman–Crippen LogP) is 4.09. The maximum Gasteiger partial charge on any atom is 0.408 e. The molecular formula is C37H46N6O8. The van der Waals surface area contributed by atoms with Gasteiger partial charge in [-0.25, -0.2) is 19.3 Å². The van der Waals surface area contributed by atoms with Gasteiger partial charge in [0.25, 0.3) is 0 Å². The van der Waals surface area contributed by atoms with Gasteiger partial charge in [0, 0.05) is 36.3 Å². The number of aliphatic carboxylic acids is 1. The van der Waals surface area contributed by atoms with Gasteiger partial charge in [-0.05, 0) is 67.1 Å². The van der Waals surface area contributed by atoms with E-state index in [9.17, 15) is 24.3 Å². The van der Waals surface area contributed by atoms with Crippen molar-refractivity contribution in [3.8, 4) is 17.3 Å². The van der Waals surface area contributed by atoms with Gasteiger partial charge in [0.1, 0.15) is 41.3 Å². The number of fused-ring (bicyclic) bond motifs is 2. The first-order valence-corrected chi connectivity index (χ1v) is 17.8. The zero-order valence-corrected chi connectivity index (χ0v) is 29.6. The first kappa shape index (κ1) is 34.6. The Balaban J connectivity index is 1.18. The van der Waals surface area contributed by atoms with Crippen LogP contribution in [0.1, 0.15) is 66.2 Å². The third kappa shape index (κ3) is 6.79. The number of nitrogens with zero attached hydrogens (tertiary/aromatic N) is 4. The third-order valence-electron chi connectivity index (χ3n) is 11.0. The maximum absolute atomic E-state index is 14.5. The Labute approximate surface area is 296 Å². The van der Waals surface area contributed by atoms with Gasteiger partial charge < -0.3 is 34.9 Å². The van der Waals surface area contributed by atoms with Gasteiger partial charge >= 0.3 is 12.1 Å². The molecule has 14 nitrogen and oxygen atoms in total. The van der Waals surface area contributed by atoms with E-state index in [0.717, 1.165) is 12.8 Å². The lowest BCUT2D eigenvalue weighted by Gasteiger charge is -2.35. The molecule has 0 bridgehead atoms. The molecule has 14 heteroatoms. The summed E-state index contributed by atoms with van der Waals surface area (Å²) in [5, 5.41) is 20.7. The van der Waals surface area contributed by atoms with Crippen molar-refractivity contribution >= 4 is 34.8 Å². The van der Waals surface area contributed by atoms with Crippen molar-refractivity contribution in [2.24, 2.45) is 23.2 Å². The molecule has 1 saturated heterocycles. The highest BCUT2D eigenvalue weighted by Crippen LogP contribution is 2.52. The molecule has 2 aromatic heterocycles. The van der Waals surface area contributed by atoms with Crippen molar-refractivity contribution < 1.29 is 38.5 Å². The van der Waals surface area contributed by atoms with E-state index in [-0.39, 0.29) is 25.0 Å². The van der Waals surface area contributed by atoms with E-state index in [0.29, 0.717) is 52.9 Å². The molecule has 0 spiro atoms. The number of nitrogens with one attached hydrogen (secondary N) is 2. The number of methoxy groups -OCH3 is 1. The Bertz CT molecular complexity index is 1830. The second-order valence-electron chi connectivity index (χ2n) is 15.6. The minimum absolute atomic E-state index is 0.0144. The molecule has 3 aliphatic carbocycles. The Kier molecular flexibility index (Phi) is 8.83. The number of amides is 3. The number of carboxylic acids is 1. The quantitative estimate of drug-likeness (QED) is 0.264. The Morgan fingerprint density at radius 2 is 1.84 bits per heavy atom. The summed E-state index contributed by atoms with van der Waals surface area (Å²) in [5.41, 5.74) is -1.54. The maximum atomic E-state index is 14.5. The summed E-state index contributed by atoms with van der Waals surface area (Å²) in [7, 11) is 1.57. The second kappa shape index (κ2) is 13.0. The monoisotopic (exact) mass is 702 g/mol. The van der Waals surface area contributed by atoms with Gasteiger partial charge in [0.2, 0.25) is 11.8 Å². The van der Waals surface area contributed by atoms with E-state index >= 15 is 0 Å². The van der Waals surface area contributed by atoms with E-state index in [1.54, 1.807) is 48.5 Å². The van der Waals surface area contributed by atoms with Crippen LogP contribution in [0, 0.1) is 23.2 Å². The number of carbonyl (C=O) groups is 4. The van der Waals surface area contributed by atoms with Crippen molar-refractivity contribution in [3.63, 3.8) is 0 Å². The largest absolute Gasteiger partial charge is 0.497 e. The molecule has 1 aromatic carbocycles. The highest BCUT2D eigenvalue weighted by atomic mass is 16.6. The first-order valence-electron chi connectivity index (χ1n) is 17.8. The van der Waals surface area contributed by atoms with Crippen LogP contribution < -0.4 is 20.1 Å². The number of alkyl carbamates (subject to hydrolysis) is 1. The van der Waals surface area contributed by atoms with Crippen molar-refractivity contribution in [2.45, 2.75) is 96.1 Å². The molecule has 0 radical (unpaired) electrons. The summed E-state index contributed by atoms with van der Waals surface area (Å²) < 4.78 is 19.4. The summed E-state index contributed by atoms with van der Waals surface area (Å²) in [6, 6.07) is 6.85. The van der Waals surface area contributed by atoms with Crippen LogP contribution in [-0.2, 0) is 19.1 Å². The van der Waals surface area contributed by atoms with E-state index in [1.165, 1.54) is 11.3 Å². The molecule has 3 heterocycles. The minimum atomic E-state index is -1.38. The molecule has 3 saturated carbocycles. The van der Waals surface area contributed by atoms with Crippen molar-refractivity contribution in [3.05, 3.63) is 42.7 Å². The number of rotatable bonds is 11. The minimum Gasteiger partial charge on any atom is -0.497 e. The van der Waals surface area contributed by atoms with Gasteiger partial charge in [0.05, 0.1) is 19.2 Å². The van der Waals surface area contributed by atoms with Gasteiger partial charge in [-0.1, -0.05) is 34.1 Å². The summed E-state index contributed by atoms with van der Waals surface area (Å²) >= 11 is 0. The number of carboxylic acid groups (broad SMARTS) is 1. The van der Waals surface area contributed by atoms with E-state index in [1.807, 2.05) is 33.8 Å². The SMILES string of the molecule is CC[C@@H]1C[C@]1(NC(=O)[C@@H]1C[C@@H](Oc2cc(-n3cccn3)nc3cc(OC)ccc23)CN1C(=O)[C@@H](NC(=O)OC1C[C@@H]2C[C@@H]2C1)C(C)(C)C)C(=O)O. The number of hydrogen-bond donors (Lipinski definition) is 3. The molecule has 3 N–H and O–H groups in total. The molecule has 51 heavy (non-hydrogen) atoms. The Hall–Kier alpha value is -4.88. The van der Waals surface area contributed by atoms with E-state index in [2.05, 4.69) is 15.7 Å². The Morgan fingerprint density at radius 1 is 1.08 bits per heavy atom. The summed E-state index contributed by atoms with van der Waals surface area (Å²) in [6.07, 6.45) is 5.74. The number of pyridine rings is 1. The fraction of sp³-hybridized carbons (Fsp3) is 0.568. The van der Waals surface area contributed by atoms with Crippen LogP contribution in [0.25, 0.3) is 16.7 Å². The highest BCUT2D eigenvalue weighted by Gasteiger charge is 2.61. The van der Waals surface area contributed by atoms with E-state index in [4.69, 9.17) is 19.2 Å². The lowest BCUT2D eigenvalue weighted by atomic mass is 9.85. The van der Waals surface area contributed by atoms with Crippen molar-refractivity contribution in [1.29, 1.82) is 0 Å². The molecular weight excluding hydrogens is 656 g/mol. The molecule has 4 fully saturated rings. The molecule has 3 amide bonds. The van der Waals surface area contributed by atoms with Gasteiger partial charge in [-0.2, -0.15) is 5.10 Å². The average molecular weight is 703 g/mol. The van der Waals surface area contributed by atoms with Crippen LogP contribution in [-0.4, -0.2) is 92.1 Å². The smallest absolute Gasteiger partial charge is 0.408 e. The number of ether oxygens (including phenoxy) is 3. The van der Waals surface area contributed by atoms with Gasteiger partial charge in [-0.15, -0.1) is 0 Å². The standard InChI is InChI=1S/C37H46N6O8/c1-6-22-18-37(22,34(46)47)41-32(44)28-16-25(50-29-17-30(43-11-7-10-38-43)39-27-15-23(49-5)8-9-26(27)29)19-42(28)33(45)31(36(2,3)4)40-35(48)51-24-13-20-12-21(20)14-24/h7-11,15,17,20-22,24-25,28,31H,6,12-14,16,18-19H2,1-5H3,(H,40,48)(H,41,44)(H,46,47)/t20-,21+,22-,24?,25-,28+,31-,37-/m1/s1. The fourth-order valence-corrected chi connectivity index (χ4v) is 7.93. The number of benzene rings is 1. The van der Waals surface area contributed by atoms with Crippen LogP contribution in [0.2, 0.25) is 0 Å². The second-order valence-corrected chi connectivity index (χ2v) is 15.6.